The van der Waals surface area contributed by atoms with Crippen molar-refractivity contribution in [3.8, 4) is 5.75 Å². The Morgan fingerprint density at radius 2 is 1.75 bits per heavy atom. The van der Waals surface area contributed by atoms with Gasteiger partial charge in [-0.15, -0.1) is 0 Å². The lowest BCUT2D eigenvalue weighted by molar-refractivity contribution is 0.406. The van der Waals surface area contributed by atoms with E-state index in [-0.39, 0.29) is 5.82 Å². The van der Waals surface area contributed by atoms with Crippen molar-refractivity contribution < 1.29 is 9.13 Å². The fraction of sp³-hybridized carbons (Fsp3) is 0.294. The highest BCUT2D eigenvalue weighted by atomic mass is 19.1. The average molecular weight is 273 g/mol. The minimum absolute atomic E-state index is 0.242. The normalized spacial score (nSPS) is 10.6. The van der Waals surface area contributed by atoms with Crippen LogP contribution in [-0.2, 0) is 13.1 Å². The van der Waals surface area contributed by atoms with Gasteiger partial charge in [-0.3, -0.25) is 0 Å². The Hall–Kier alpha value is -1.87. The molecule has 2 nitrogen and oxygen atoms in total. The molecule has 2 aromatic rings. The third kappa shape index (κ3) is 3.58. The SMILES string of the molecule is COc1ccc(F)cc1CNCc1ccc(C)cc1C. The Balaban J connectivity index is 2.01. The second kappa shape index (κ2) is 6.53. The van der Waals surface area contributed by atoms with E-state index in [9.17, 15) is 4.39 Å². The van der Waals surface area contributed by atoms with Crippen LogP contribution in [-0.4, -0.2) is 7.11 Å². The van der Waals surface area contributed by atoms with E-state index in [0.717, 1.165) is 12.1 Å². The topological polar surface area (TPSA) is 21.3 Å². The Morgan fingerprint density at radius 1 is 1.00 bits per heavy atom. The maximum absolute atomic E-state index is 13.3. The van der Waals surface area contributed by atoms with Crippen LogP contribution in [0.3, 0.4) is 0 Å². The smallest absolute Gasteiger partial charge is 0.123 e. The van der Waals surface area contributed by atoms with Crippen LogP contribution in [0.25, 0.3) is 0 Å². The molecule has 2 aromatic carbocycles. The first-order valence-corrected chi connectivity index (χ1v) is 6.69. The third-order valence-electron chi connectivity index (χ3n) is 3.37. The molecule has 106 valence electrons. The van der Waals surface area contributed by atoms with Crippen molar-refractivity contribution in [2.45, 2.75) is 26.9 Å². The first kappa shape index (κ1) is 14.5. The van der Waals surface area contributed by atoms with Gasteiger partial charge in [0.25, 0.3) is 0 Å². The zero-order valence-corrected chi connectivity index (χ0v) is 12.2. The number of hydrogen-bond donors (Lipinski definition) is 1. The Bertz CT molecular complexity index is 596. The maximum Gasteiger partial charge on any atom is 0.123 e. The monoisotopic (exact) mass is 273 g/mol. The standard InChI is InChI=1S/C17H20FNO/c1-12-4-5-14(13(2)8-12)10-19-11-15-9-16(18)6-7-17(15)20-3/h4-9,19H,10-11H2,1-3H3. The largest absolute Gasteiger partial charge is 0.496 e. The van der Waals surface area contributed by atoms with Gasteiger partial charge >= 0.3 is 0 Å². The third-order valence-corrected chi connectivity index (χ3v) is 3.37. The Morgan fingerprint density at radius 3 is 2.45 bits per heavy atom. The molecule has 0 aromatic heterocycles. The van der Waals surface area contributed by atoms with Crippen molar-refractivity contribution in [2.75, 3.05) is 7.11 Å². The van der Waals surface area contributed by atoms with Crippen molar-refractivity contribution in [2.24, 2.45) is 0 Å². The summed E-state index contributed by atoms with van der Waals surface area (Å²) in [5, 5.41) is 3.33. The molecule has 3 heteroatoms. The van der Waals surface area contributed by atoms with Crippen LogP contribution >= 0.6 is 0 Å². The minimum atomic E-state index is -0.242. The lowest BCUT2D eigenvalue weighted by atomic mass is 10.1. The molecule has 0 unspecified atom stereocenters. The van der Waals surface area contributed by atoms with E-state index in [0.29, 0.717) is 12.3 Å². The van der Waals surface area contributed by atoms with E-state index in [1.165, 1.54) is 28.8 Å². The molecule has 0 amide bonds. The van der Waals surface area contributed by atoms with E-state index in [2.05, 4.69) is 37.4 Å². The van der Waals surface area contributed by atoms with Gasteiger partial charge in [0.2, 0.25) is 0 Å². The summed E-state index contributed by atoms with van der Waals surface area (Å²) in [5.74, 6) is 0.466. The van der Waals surface area contributed by atoms with Crippen LogP contribution in [0.15, 0.2) is 36.4 Å². The highest BCUT2D eigenvalue weighted by molar-refractivity contribution is 5.34. The van der Waals surface area contributed by atoms with E-state index >= 15 is 0 Å². The van der Waals surface area contributed by atoms with Gasteiger partial charge in [-0.2, -0.15) is 0 Å². The summed E-state index contributed by atoms with van der Waals surface area (Å²) in [5.41, 5.74) is 4.62. The van der Waals surface area contributed by atoms with Gasteiger partial charge in [0.1, 0.15) is 11.6 Å². The molecule has 0 saturated carbocycles. The Labute approximate surface area is 119 Å². The van der Waals surface area contributed by atoms with Crippen LogP contribution < -0.4 is 10.1 Å². The zero-order valence-electron chi connectivity index (χ0n) is 12.2. The molecule has 0 bridgehead atoms. The summed E-state index contributed by atoms with van der Waals surface area (Å²) >= 11 is 0. The highest BCUT2D eigenvalue weighted by Gasteiger charge is 2.05. The first-order valence-electron chi connectivity index (χ1n) is 6.69. The van der Waals surface area contributed by atoms with E-state index < -0.39 is 0 Å². The van der Waals surface area contributed by atoms with Crippen LogP contribution in [0.2, 0.25) is 0 Å². The molecular formula is C17H20FNO. The summed E-state index contributed by atoms with van der Waals surface area (Å²) < 4.78 is 18.5. The summed E-state index contributed by atoms with van der Waals surface area (Å²) in [7, 11) is 1.60. The van der Waals surface area contributed by atoms with Crippen molar-refractivity contribution in [1.29, 1.82) is 0 Å². The van der Waals surface area contributed by atoms with Crippen LogP contribution in [0, 0.1) is 19.7 Å². The first-order chi connectivity index (χ1) is 9.60. The second-order valence-corrected chi connectivity index (χ2v) is 4.99. The van der Waals surface area contributed by atoms with E-state index in [4.69, 9.17) is 4.74 Å². The molecular weight excluding hydrogens is 253 g/mol. The maximum atomic E-state index is 13.3. The lowest BCUT2D eigenvalue weighted by Gasteiger charge is -2.11. The van der Waals surface area contributed by atoms with Gasteiger partial charge in [-0.25, -0.2) is 4.39 Å². The number of rotatable bonds is 5. The van der Waals surface area contributed by atoms with Gasteiger partial charge in [-0.1, -0.05) is 23.8 Å². The van der Waals surface area contributed by atoms with Crippen molar-refractivity contribution >= 4 is 0 Å². The Kier molecular flexibility index (Phi) is 4.74. The average Bonchev–Trinajstić information content (AvgIpc) is 2.41. The van der Waals surface area contributed by atoms with Gasteiger partial charge in [0, 0.05) is 18.7 Å². The van der Waals surface area contributed by atoms with Gasteiger partial charge in [0.15, 0.2) is 0 Å². The number of aryl methyl sites for hydroxylation is 2. The molecule has 0 atom stereocenters. The molecule has 0 saturated heterocycles. The predicted molar refractivity (Wildman–Crippen MR) is 79.4 cm³/mol. The summed E-state index contributed by atoms with van der Waals surface area (Å²) in [6.45, 7) is 5.52. The summed E-state index contributed by atoms with van der Waals surface area (Å²) in [4.78, 5) is 0. The summed E-state index contributed by atoms with van der Waals surface area (Å²) in [6.07, 6.45) is 0. The fourth-order valence-corrected chi connectivity index (χ4v) is 2.26. The van der Waals surface area contributed by atoms with Crippen LogP contribution in [0.1, 0.15) is 22.3 Å². The van der Waals surface area contributed by atoms with E-state index in [1.54, 1.807) is 13.2 Å². The number of nitrogens with one attached hydrogen (secondary N) is 1. The van der Waals surface area contributed by atoms with Crippen molar-refractivity contribution in [3.63, 3.8) is 0 Å². The van der Waals surface area contributed by atoms with Crippen LogP contribution in [0.5, 0.6) is 5.75 Å². The number of hydrogen-bond acceptors (Lipinski definition) is 2. The zero-order chi connectivity index (χ0) is 14.5. The number of halogens is 1. The molecule has 0 aliphatic carbocycles. The van der Waals surface area contributed by atoms with Crippen molar-refractivity contribution in [1.82, 2.24) is 5.32 Å². The number of benzene rings is 2. The molecule has 2 rings (SSSR count). The minimum Gasteiger partial charge on any atom is -0.496 e. The molecule has 0 spiro atoms. The fourth-order valence-electron chi connectivity index (χ4n) is 2.26. The molecule has 0 aliphatic rings. The highest BCUT2D eigenvalue weighted by Crippen LogP contribution is 2.19. The quantitative estimate of drug-likeness (QED) is 0.896. The molecule has 20 heavy (non-hydrogen) atoms. The predicted octanol–water partition coefficient (Wildman–Crippen LogP) is 3.74. The van der Waals surface area contributed by atoms with Crippen molar-refractivity contribution in [3.05, 3.63) is 64.5 Å². The van der Waals surface area contributed by atoms with Gasteiger partial charge in [0.05, 0.1) is 7.11 Å². The van der Waals surface area contributed by atoms with Gasteiger partial charge < -0.3 is 10.1 Å². The van der Waals surface area contributed by atoms with Gasteiger partial charge in [-0.05, 0) is 43.2 Å². The molecule has 0 radical (unpaired) electrons. The summed E-state index contributed by atoms with van der Waals surface area (Å²) in [6, 6.07) is 11.0. The lowest BCUT2D eigenvalue weighted by Crippen LogP contribution is -2.14. The van der Waals surface area contributed by atoms with Crippen LogP contribution in [0.4, 0.5) is 4.39 Å². The molecule has 0 heterocycles. The number of ether oxygens (including phenoxy) is 1. The molecule has 1 N–H and O–H groups in total. The molecule has 0 aliphatic heterocycles. The molecule has 0 fully saturated rings. The number of methoxy groups -OCH3 is 1. The second-order valence-electron chi connectivity index (χ2n) is 4.99. The van der Waals surface area contributed by atoms with E-state index in [1.807, 2.05) is 0 Å².